The number of aliphatic hydroxyl groups is 20. The van der Waals surface area contributed by atoms with E-state index >= 15 is 0 Å². The Morgan fingerprint density at radius 2 is 0.771 bits per heavy atom. The first kappa shape index (κ1) is 79.4. The zero-order chi connectivity index (χ0) is 71.3. The first-order valence-electron chi connectivity index (χ1n) is 30.2. The maximum Gasteiger partial charge on any atom is 0.364 e. The molecule has 7 fully saturated rings. The Hall–Kier alpha value is -3.97. The quantitative estimate of drug-likeness (QED) is 0.0382. The molecule has 0 aromatic heterocycles. The van der Waals surface area contributed by atoms with Gasteiger partial charge in [-0.25, -0.2) is 4.79 Å². The van der Waals surface area contributed by atoms with Crippen LogP contribution in [0.4, 0.5) is 0 Å². The van der Waals surface area contributed by atoms with Crippen molar-refractivity contribution in [1.82, 2.24) is 21.3 Å². The predicted molar refractivity (Wildman–Crippen MR) is 295 cm³/mol. The number of carbonyl (C=O) groups is 5. The molecule has 0 aromatic rings. The van der Waals surface area contributed by atoms with Gasteiger partial charge in [0.1, 0.15) is 165 Å². The van der Waals surface area contributed by atoms with Crippen LogP contribution in [0.1, 0.15) is 34.1 Å². The summed E-state index contributed by atoms with van der Waals surface area (Å²) in [6, 6.07) is -6.99. The lowest BCUT2D eigenvalue weighted by molar-refractivity contribution is -0.386. The first-order chi connectivity index (χ1) is 45.2. The molecule has 43 heteroatoms. The number of hydrogen-bond donors (Lipinski definition) is 25. The highest BCUT2D eigenvalue weighted by molar-refractivity contribution is 5.77. The second-order valence-corrected chi connectivity index (χ2v) is 24.0. The lowest BCUT2D eigenvalue weighted by atomic mass is 9.88. The van der Waals surface area contributed by atoms with Crippen LogP contribution in [0.15, 0.2) is 0 Å². The van der Waals surface area contributed by atoms with Crippen LogP contribution in [0.3, 0.4) is 0 Å². The molecule has 7 aliphatic rings. The minimum absolute atomic E-state index is 0.739. The summed E-state index contributed by atoms with van der Waals surface area (Å²) in [4.78, 5) is 62.3. The van der Waals surface area contributed by atoms with Gasteiger partial charge in [-0.15, -0.1) is 0 Å². The SMILES string of the molecule is CC(=O)N[C@@H]1[C@@H](O)[C@H](O[C@@H]2O[C@H](CO)[C@H](O)[C@H](O[C@@H]3O[C@H](CO)[C@@H](O[C@@H]4O[C@H](CO)[C@H](O)[C@H](O[C@@H]5O[C@H](CO)[C@@H](O[C@@H]6O[C@H](CO[C@]7(C(=O)O)C[C@H](O)[C@@H](NC(C)=O)[C@H]([C@H](O)[C@H](O)CO)O7)[C@H](O)[C@H](O)[C@H]6O)[C@H](O)[C@H]5NC(C)=O)[C@H]4O)[C@H](O)[C@H]3NC(C)=O)[C@H]2O)[C@@H](CO)O[C@H]1O. The Balaban J connectivity index is 1.07. The monoisotopic (exact) mass is 1400 g/mol. The van der Waals surface area contributed by atoms with Gasteiger partial charge in [-0.05, 0) is 0 Å². The molecule has 554 valence electrons. The summed E-state index contributed by atoms with van der Waals surface area (Å²) in [5.41, 5.74) is 0. The van der Waals surface area contributed by atoms with Crippen molar-refractivity contribution in [3.8, 4) is 0 Å². The van der Waals surface area contributed by atoms with E-state index in [1.807, 2.05) is 0 Å². The van der Waals surface area contributed by atoms with Crippen LogP contribution in [0.25, 0.3) is 0 Å². The highest BCUT2D eigenvalue weighted by Gasteiger charge is 2.61. The normalized spacial score (nSPS) is 46.0. The van der Waals surface area contributed by atoms with E-state index in [4.69, 9.17) is 61.6 Å². The highest BCUT2D eigenvalue weighted by Crippen LogP contribution is 2.39. The fraction of sp³-hybridized carbons (Fsp3) is 0.906. The Morgan fingerprint density at radius 1 is 0.417 bits per heavy atom. The van der Waals surface area contributed by atoms with Crippen molar-refractivity contribution in [2.45, 2.75) is 254 Å². The summed E-state index contributed by atoms with van der Waals surface area (Å²) in [6.45, 7) is -3.67. The summed E-state index contributed by atoms with van der Waals surface area (Å²) in [5, 5.41) is 239. The van der Waals surface area contributed by atoms with Gasteiger partial charge in [-0.3, -0.25) is 19.2 Å². The average molecular weight is 1410 g/mol. The lowest BCUT2D eigenvalue weighted by Gasteiger charge is -2.51. The maximum absolute atomic E-state index is 12.8. The molecule has 7 rings (SSSR count). The van der Waals surface area contributed by atoms with Crippen LogP contribution < -0.4 is 21.3 Å². The van der Waals surface area contributed by atoms with Gasteiger partial charge in [0, 0.05) is 34.1 Å². The largest absolute Gasteiger partial charge is 0.477 e. The Labute approximate surface area is 543 Å². The Morgan fingerprint density at radius 3 is 1.17 bits per heavy atom. The molecule has 0 unspecified atom stereocenters. The van der Waals surface area contributed by atoms with Crippen LogP contribution in [0.5, 0.6) is 0 Å². The van der Waals surface area contributed by atoms with Crippen molar-refractivity contribution in [3.63, 3.8) is 0 Å². The minimum atomic E-state index is -3.02. The van der Waals surface area contributed by atoms with E-state index < -0.39 is 303 Å². The second-order valence-electron chi connectivity index (χ2n) is 24.0. The van der Waals surface area contributed by atoms with E-state index in [-0.39, 0.29) is 0 Å². The molecule has 25 N–H and O–H groups in total. The van der Waals surface area contributed by atoms with Crippen molar-refractivity contribution >= 4 is 29.6 Å². The van der Waals surface area contributed by atoms with Crippen molar-refractivity contribution in [2.24, 2.45) is 0 Å². The van der Waals surface area contributed by atoms with Crippen LogP contribution in [-0.2, 0) is 85.6 Å². The number of carboxylic acids is 1. The van der Waals surface area contributed by atoms with Crippen molar-refractivity contribution in [3.05, 3.63) is 0 Å². The van der Waals surface area contributed by atoms with Crippen LogP contribution >= 0.6 is 0 Å². The smallest absolute Gasteiger partial charge is 0.364 e. The van der Waals surface area contributed by atoms with E-state index in [1.54, 1.807) is 0 Å². The molecule has 4 amide bonds. The molecule has 7 saturated heterocycles. The molecule has 0 bridgehead atoms. The molecule has 0 spiro atoms. The summed E-state index contributed by atoms with van der Waals surface area (Å²) in [5.74, 6) is -8.41. The van der Waals surface area contributed by atoms with Gasteiger partial charge in [0.15, 0.2) is 37.7 Å². The minimum Gasteiger partial charge on any atom is -0.477 e. The number of aliphatic carboxylic acids is 1. The number of ether oxygens (including phenoxy) is 13. The molecule has 43 nitrogen and oxygen atoms in total. The van der Waals surface area contributed by atoms with Crippen molar-refractivity contribution in [2.75, 3.05) is 46.2 Å². The van der Waals surface area contributed by atoms with Gasteiger partial charge in [0.05, 0.1) is 58.4 Å². The molecule has 0 saturated carbocycles. The number of amides is 4. The van der Waals surface area contributed by atoms with Gasteiger partial charge in [-0.2, -0.15) is 0 Å². The molecule has 36 atom stereocenters. The molecule has 0 radical (unpaired) electrons. The average Bonchev–Trinajstić information content (AvgIpc) is 0.776. The third-order valence-electron chi connectivity index (χ3n) is 17.1. The van der Waals surface area contributed by atoms with Gasteiger partial charge >= 0.3 is 5.97 Å². The standard InChI is InChI=1S/C53H88N4O39/c1-13(64)54-25-17(68)5-53(52(82)83,96-43(25)29(70)18(69)6-58)84-12-24-30(71)36(77)37(78)49(90-24)91-41-22(10-62)88-47(27(34(41)75)56-15(3)66)95-45-32(73)20(8-60)87-51(39(45)80)93-42-23(11-63)89-48(28(35(42)76)57-16(4)67)94-44-31(72)19(7-59)86-50(38(44)79)92-40-21(9-61)85-46(81)26(33(40)74)55-14(2)65/h17-51,58-63,68-81H,5-12H2,1-4H3,(H,54,64)(H,55,65)(H,56,66)(H,57,67)(H,82,83)/t17-,18+,19+,20+,21+,22+,23+,24+,25+,26+,27+,28+,29+,30-,31-,32-,33+,34+,35+,36-,37+,38+,39+,40+,41+,42+,43+,44-,45-,46+,47-,48-,49-,50-,51-,53+/m0/s1. The van der Waals surface area contributed by atoms with E-state index in [0.717, 1.165) is 27.7 Å². The Bertz CT molecular complexity index is 2540. The number of carbonyl (C=O) groups excluding carboxylic acids is 4. The summed E-state index contributed by atoms with van der Waals surface area (Å²) >= 11 is 0. The number of nitrogens with one attached hydrogen (secondary N) is 4. The molecule has 0 aliphatic carbocycles. The molecule has 96 heavy (non-hydrogen) atoms. The summed E-state index contributed by atoms with van der Waals surface area (Å²) < 4.78 is 74.9. The maximum atomic E-state index is 12.8. The lowest BCUT2D eigenvalue weighted by Crippen LogP contribution is -2.71. The van der Waals surface area contributed by atoms with Gasteiger partial charge in [-0.1, -0.05) is 0 Å². The van der Waals surface area contributed by atoms with Crippen LogP contribution in [0.2, 0.25) is 0 Å². The van der Waals surface area contributed by atoms with E-state index in [9.17, 15) is 131 Å². The summed E-state index contributed by atoms with van der Waals surface area (Å²) in [7, 11) is 0. The van der Waals surface area contributed by atoms with Gasteiger partial charge in [0.25, 0.3) is 5.79 Å². The number of carboxylic acid groups (broad SMARTS) is 1. The first-order valence-corrected chi connectivity index (χ1v) is 30.2. The molecule has 7 aliphatic heterocycles. The van der Waals surface area contributed by atoms with Gasteiger partial charge < -0.3 is 190 Å². The number of hydrogen-bond acceptors (Lipinski definition) is 38. The van der Waals surface area contributed by atoms with Crippen molar-refractivity contribution < 1.29 is 193 Å². The van der Waals surface area contributed by atoms with Gasteiger partial charge in [0.2, 0.25) is 23.6 Å². The molecular weight excluding hydrogens is 1320 g/mol. The predicted octanol–water partition coefficient (Wildman–Crippen LogP) is -16.5. The number of rotatable bonds is 26. The van der Waals surface area contributed by atoms with Crippen molar-refractivity contribution in [1.29, 1.82) is 0 Å². The van der Waals surface area contributed by atoms with E-state index in [1.165, 1.54) is 0 Å². The van der Waals surface area contributed by atoms with Crippen LogP contribution in [-0.4, -0.2) is 403 Å². The van der Waals surface area contributed by atoms with E-state index in [0.29, 0.717) is 0 Å². The topological polar surface area (TPSA) is 678 Å². The molecular formula is C53H88N4O39. The fourth-order valence-corrected chi connectivity index (χ4v) is 12.2. The second kappa shape index (κ2) is 34.1. The Kier molecular flexibility index (Phi) is 28.2. The fourth-order valence-electron chi connectivity index (χ4n) is 12.2. The molecule has 0 aromatic carbocycles. The highest BCUT2D eigenvalue weighted by atomic mass is 16.8. The molecule has 7 heterocycles. The number of aliphatic hydroxyl groups excluding tert-OH is 20. The zero-order valence-electron chi connectivity index (χ0n) is 51.6. The van der Waals surface area contributed by atoms with Crippen LogP contribution in [0, 0.1) is 0 Å². The van der Waals surface area contributed by atoms with E-state index in [2.05, 4.69) is 21.3 Å². The zero-order valence-corrected chi connectivity index (χ0v) is 51.6. The third kappa shape index (κ3) is 17.5. The third-order valence-corrected chi connectivity index (χ3v) is 17.1. The summed E-state index contributed by atoms with van der Waals surface area (Å²) in [6.07, 6.45) is -64.0.